The number of hydrogen-bond donors (Lipinski definition) is 0. The monoisotopic (exact) mass is 476 g/mol. The van der Waals surface area contributed by atoms with Crippen molar-refractivity contribution in [3.8, 4) is 0 Å². The number of ketones is 1. The number of rotatable bonds is 8. The Hall–Kier alpha value is -1.73. The van der Waals surface area contributed by atoms with Crippen molar-refractivity contribution in [2.45, 2.75) is 83.6 Å². The van der Waals surface area contributed by atoms with Crippen LogP contribution in [0.2, 0.25) is 0 Å². The maximum atomic E-state index is 13.4. The summed E-state index contributed by atoms with van der Waals surface area (Å²) in [5, 5.41) is 0. The average Bonchev–Trinajstić information content (AvgIpc) is 2.70. The lowest BCUT2D eigenvalue weighted by Crippen LogP contribution is -2.58. The fourth-order valence-corrected chi connectivity index (χ4v) is 7.57. The van der Waals surface area contributed by atoms with Crippen LogP contribution >= 0.6 is 0 Å². The minimum Gasteiger partial charge on any atom is -0.458 e. The van der Waals surface area contributed by atoms with Gasteiger partial charge in [-0.05, 0) is 103 Å². The lowest BCUT2D eigenvalue weighted by molar-refractivity contribution is -0.207. The summed E-state index contributed by atoms with van der Waals surface area (Å²) in [4.78, 5) is 25.9. The van der Waals surface area contributed by atoms with Crippen LogP contribution in [0.25, 0.3) is 0 Å². The van der Waals surface area contributed by atoms with E-state index >= 15 is 0 Å². The number of esters is 1. The number of benzene rings is 1. The van der Waals surface area contributed by atoms with E-state index in [9.17, 15) is 18.0 Å². The van der Waals surface area contributed by atoms with Crippen LogP contribution in [0.15, 0.2) is 29.2 Å². The quantitative estimate of drug-likeness (QED) is 0.303. The molecule has 0 amide bonds. The molecule has 6 nitrogen and oxygen atoms in total. The highest BCUT2D eigenvalue weighted by atomic mass is 32.2. The first-order valence-corrected chi connectivity index (χ1v) is 13.4. The van der Waals surface area contributed by atoms with Crippen molar-refractivity contribution in [1.29, 1.82) is 0 Å². The van der Waals surface area contributed by atoms with Crippen molar-refractivity contribution in [3.05, 3.63) is 29.8 Å². The van der Waals surface area contributed by atoms with Gasteiger partial charge in [-0.15, -0.1) is 0 Å². The molecular formula is C26H36O6S. The van der Waals surface area contributed by atoms with Crippen LogP contribution in [0, 0.1) is 35.5 Å². The Labute approximate surface area is 197 Å². The maximum absolute atomic E-state index is 13.4. The van der Waals surface area contributed by atoms with E-state index in [1.165, 1.54) is 45.2 Å². The molecule has 1 aromatic rings. The van der Waals surface area contributed by atoms with E-state index in [1.807, 2.05) is 20.8 Å². The van der Waals surface area contributed by atoms with Gasteiger partial charge in [0.05, 0.1) is 11.5 Å². The molecule has 0 aromatic heterocycles. The zero-order valence-electron chi connectivity index (χ0n) is 20.3. The van der Waals surface area contributed by atoms with Gasteiger partial charge in [-0.2, -0.15) is 8.42 Å². The van der Waals surface area contributed by atoms with Gasteiger partial charge >= 0.3 is 5.97 Å². The van der Waals surface area contributed by atoms with E-state index in [0.717, 1.165) is 24.8 Å². The minimum atomic E-state index is -4.12. The first kappa shape index (κ1) is 24.4. The van der Waals surface area contributed by atoms with Gasteiger partial charge in [0.1, 0.15) is 16.8 Å². The molecule has 0 heterocycles. The number of carbonyl (C=O) groups excluding carboxylic acids is 2. The Morgan fingerprint density at radius 1 is 0.970 bits per heavy atom. The van der Waals surface area contributed by atoms with Crippen molar-refractivity contribution in [2.75, 3.05) is 6.61 Å². The standard InChI is InChI=1S/C26H36O6S/c1-17-6-8-22(9-7-17)33(29,30)31-16-25(5,18(2)27)23(28)32-24(3,4)26-13-19-10-20(14-26)12-21(11-19)15-26/h6-9,19-21H,10-16H2,1-5H3. The van der Waals surface area contributed by atoms with Crippen molar-refractivity contribution < 1.29 is 26.9 Å². The molecule has 182 valence electrons. The molecule has 4 aliphatic rings. The zero-order valence-corrected chi connectivity index (χ0v) is 21.2. The Bertz CT molecular complexity index is 1000. The molecule has 0 saturated heterocycles. The summed E-state index contributed by atoms with van der Waals surface area (Å²) >= 11 is 0. The third kappa shape index (κ3) is 4.39. The molecular weight excluding hydrogens is 440 g/mol. The summed E-state index contributed by atoms with van der Waals surface area (Å²) < 4.78 is 36.6. The van der Waals surface area contributed by atoms with E-state index in [2.05, 4.69) is 0 Å². The van der Waals surface area contributed by atoms with Crippen molar-refractivity contribution in [2.24, 2.45) is 28.6 Å². The van der Waals surface area contributed by atoms with Crippen LogP contribution in [0.1, 0.15) is 71.8 Å². The molecule has 4 fully saturated rings. The summed E-state index contributed by atoms with van der Waals surface area (Å²) in [6.07, 6.45) is 6.98. The molecule has 4 saturated carbocycles. The topological polar surface area (TPSA) is 86.7 Å². The molecule has 7 heteroatoms. The van der Waals surface area contributed by atoms with Gasteiger partial charge in [-0.1, -0.05) is 17.7 Å². The van der Waals surface area contributed by atoms with E-state index in [-0.39, 0.29) is 10.3 Å². The molecule has 1 atom stereocenters. The molecule has 1 unspecified atom stereocenters. The van der Waals surface area contributed by atoms with Crippen molar-refractivity contribution in [3.63, 3.8) is 0 Å². The number of hydrogen-bond acceptors (Lipinski definition) is 6. The molecule has 0 N–H and O–H groups in total. The molecule has 0 spiro atoms. The number of carbonyl (C=O) groups is 2. The van der Waals surface area contributed by atoms with Crippen LogP contribution in [-0.2, 0) is 28.6 Å². The van der Waals surface area contributed by atoms with Crippen LogP contribution < -0.4 is 0 Å². The minimum absolute atomic E-state index is 0.0127. The van der Waals surface area contributed by atoms with Crippen LogP contribution in [0.5, 0.6) is 0 Å². The third-order valence-electron chi connectivity index (χ3n) is 8.70. The smallest absolute Gasteiger partial charge is 0.322 e. The zero-order chi connectivity index (χ0) is 24.2. The second kappa shape index (κ2) is 8.19. The number of ether oxygens (including phenoxy) is 1. The average molecular weight is 477 g/mol. The van der Waals surface area contributed by atoms with Gasteiger partial charge in [0.2, 0.25) is 0 Å². The first-order valence-electron chi connectivity index (χ1n) is 12.0. The molecule has 1 aromatic carbocycles. The van der Waals surface area contributed by atoms with E-state index < -0.39 is 39.5 Å². The number of Topliss-reactive ketones (excluding diaryl/α,β-unsaturated/α-hetero) is 1. The van der Waals surface area contributed by atoms with Crippen LogP contribution in [-0.4, -0.2) is 32.4 Å². The van der Waals surface area contributed by atoms with Crippen LogP contribution in [0.4, 0.5) is 0 Å². The summed E-state index contributed by atoms with van der Waals surface area (Å²) in [6, 6.07) is 6.24. The Morgan fingerprint density at radius 2 is 1.45 bits per heavy atom. The summed E-state index contributed by atoms with van der Waals surface area (Å²) in [6.45, 7) is 7.88. The lowest BCUT2D eigenvalue weighted by Gasteiger charge is -2.61. The SMILES string of the molecule is CC(=O)C(C)(COS(=O)(=O)c1ccc(C)cc1)C(=O)OC(C)(C)C12CC3CC(CC(C3)C1)C2. The maximum Gasteiger partial charge on any atom is 0.322 e. The number of aryl methyl sites for hydroxylation is 1. The fourth-order valence-electron chi connectivity index (χ4n) is 6.57. The predicted molar refractivity (Wildman–Crippen MR) is 124 cm³/mol. The highest BCUT2D eigenvalue weighted by Gasteiger charge is 2.59. The van der Waals surface area contributed by atoms with Gasteiger partial charge in [-0.25, -0.2) is 0 Å². The van der Waals surface area contributed by atoms with E-state index in [4.69, 9.17) is 8.92 Å². The van der Waals surface area contributed by atoms with Gasteiger partial charge in [-0.3, -0.25) is 13.8 Å². The molecule has 4 bridgehead atoms. The molecule has 4 aliphatic carbocycles. The van der Waals surface area contributed by atoms with Gasteiger partial charge in [0.25, 0.3) is 10.1 Å². The normalized spacial score (nSPS) is 30.6. The fraction of sp³-hybridized carbons (Fsp3) is 0.692. The van der Waals surface area contributed by atoms with E-state index in [0.29, 0.717) is 17.8 Å². The Balaban J connectivity index is 1.50. The molecule has 0 radical (unpaired) electrons. The first-order chi connectivity index (χ1) is 15.3. The third-order valence-corrected chi connectivity index (χ3v) is 9.98. The summed E-state index contributed by atoms with van der Waals surface area (Å²) in [5.74, 6) is 0.881. The van der Waals surface area contributed by atoms with Gasteiger partial charge in [0.15, 0.2) is 0 Å². The Kier molecular flexibility index (Phi) is 6.06. The Morgan fingerprint density at radius 3 is 1.91 bits per heavy atom. The molecule has 33 heavy (non-hydrogen) atoms. The largest absolute Gasteiger partial charge is 0.458 e. The molecule has 5 rings (SSSR count). The van der Waals surface area contributed by atoms with Gasteiger partial charge in [0, 0.05) is 5.41 Å². The summed E-state index contributed by atoms with van der Waals surface area (Å²) in [5.41, 5.74) is -1.62. The lowest BCUT2D eigenvalue weighted by atomic mass is 9.46. The van der Waals surface area contributed by atoms with Crippen molar-refractivity contribution in [1.82, 2.24) is 0 Å². The van der Waals surface area contributed by atoms with Gasteiger partial charge < -0.3 is 4.74 Å². The highest BCUT2D eigenvalue weighted by Crippen LogP contribution is 2.64. The van der Waals surface area contributed by atoms with E-state index in [1.54, 1.807) is 12.1 Å². The second-order valence-corrected chi connectivity index (χ2v) is 13.1. The second-order valence-electron chi connectivity index (χ2n) is 11.5. The van der Waals surface area contributed by atoms with Crippen molar-refractivity contribution >= 4 is 21.9 Å². The molecule has 0 aliphatic heterocycles. The summed E-state index contributed by atoms with van der Waals surface area (Å²) in [7, 11) is -4.12. The predicted octanol–water partition coefficient (Wildman–Crippen LogP) is 4.83. The van der Waals surface area contributed by atoms with Crippen LogP contribution in [0.3, 0.4) is 0 Å². The highest BCUT2D eigenvalue weighted by molar-refractivity contribution is 7.86.